The zero-order valence-corrected chi connectivity index (χ0v) is 15.1. The predicted octanol–water partition coefficient (Wildman–Crippen LogP) is 4.23. The molecular weight excluding hydrogens is 381 g/mol. The monoisotopic (exact) mass is 398 g/mol. The van der Waals surface area contributed by atoms with E-state index in [-0.39, 0.29) is 17.6 Å². The molecule has 1 fully saturated rings. The smallest absolute Gasteiger partial charge is 0.381 e. The Labute approximate surface area is 159 Å². The standard InChI is InChI=1S/C19H18ClF3N2O2/c20-16-5-4-13(11-24-16)17(26)25-12-18(6-8-27-9-7-18)14-2-1-3-15(10-14)19(21,22)23/h1-5,10-11H,6-9,12H2,(H,25,26). The Kier molecular flexibility index (Phi) is 5.72. The van der Waals surface area contributed by atoms with Crippen LogP contribution in [0.15, 0.2) is 42.6 Å². The number of pyridine rings is 1. The number of carbonyl (C=O) groups excluding carboxylic acids is 1. The first-order valence-corrected chi connectivity index (χ1v) is 8.83. The highest BCUT2D eigenvalue weighted by Crippen LogP contribution is 2.37. The molecule has 2 aromatic rings. The van der Waals surface area contributed by atoms with Crippen LogP contribution in [0, 0.1) is 0 Å². The van der Waals surface area contributed by atoms with E-state index in [4.69, 9.17) is 16.3 Å². The highest BCUT2D eigenvalue weighted by molar-refractivity contribution is 6.29. The number of amides is 1. The van der Waals surface area contributed by atoms with Crippen LogP contribution in [0.5, 0.6) is 0 Å². The summed E-state index contributed by atoms with van der Waals surface area (Å²) >= 11 is 5.72. The molecule has 3 rings (SSSR count). The zero-order valence-electron chi connectivity index (χ0n) is 14.4. The van der Waals surface area contributed by atoms with Crippen molar-refractivity contribution in [1.82, 2.24) is 10.3 Å². The summed E-state index contributed by atoms with van der Waals surface area (Å²) in [4.78, 5) is 16.3. The number of nitrogens with one attached hydrogen (secondary N) is 1. The van der Waals surface area contributed by atoms with Crippen molar-refractivity contribution in [3.63, 3.8) is 0 Å². The molecule has 0 radical (unpaired) electrons. The van der Waals surface area contributed by atoms with Crippen molar-refractivity contribution in [3.8, 4) is 0 Å². The summed E-state index contributed by atoms with van der Waals surface area (Å²) in [5.41, 5.74) is -0.422. The van der Waals surface area contributed by atoms with Gasteiger partial charge in [0.15, 0.2) is 0 Å². The first kappa shape index (κ1) is 19.6. The summed E-state index contributed by atoms with van der Waals surface area (Å²) in [6, 6.07) is 8.35. The molecule has 4 nitrogen and oxygen atoms in total. The van der Waals surface area contributed by atoms with Gasteiger partial charge >= 0.3 is 6.18 Å². The Morgan fingerprint density at radius 1 is 1.22 bits per heavy atom. The van der Waals surface area contributed by atoms with Crippen molar-refractivity contribution >= 4 is 17.5 Å². The Balaban J connectivity index is 1.83. The predicted molar refractivity (Wildman–Crippen MR) is 94.8 cm³/mol. The lowest BCUT2D eigenvalue weighted by molar-refractivity contribution is -0.137. The number of ether oxygens (including phenoxy) is 1. The molecule has 1 saturated heterocycles. The van der Waals surface area contributed by atoms with E-state index < -0.39 is 17.2 Å². The van der Waals surface area contributed by atoms with Crippen molar-refractivity contribution < 1.29 is 22.7 Å². The summed E-state index contributed by atoms with van der Waals surface area (Å²) < 4.78 is 44.7. The Morgan fingerprint density at radius 3 is 2.59 bits per heavy atom. The van der Waals surface area contributed by atoms with Gasteiger partial charge in [0.1, 0.15) is 5.15 Å². The lowest BCUT2D eigenvalue weighted by atomic mass is 9.73. The molecule has 1 amide bonds. The molecule has 0 spiro atoms. The van der Waals surface area contributed by atoms with Gasteiger partial charge in [-0.15, -0.1) is 0 Å². The number of hydrogen-bond acceptors (Lipinski definition) is 3. The third kappa shape index (κ3) is 4.59. The summed E-state index contributed by atoms with van der Waals surface area (Å²) in [6.45, 7) is 1.06. The van der Waals surface area contributed by atoms with Crippen LogP contribution in [0.3, 0.4) is 0 Å². The summed E-state index contributed by atoms with van der Waals surface area (Å²) in [6.07, 6.45) is -2.01. The van der Waals surface area contributed by atoms with Gasteiger partial charge in [0, 0.05) is 31.4 Å². The molecule has 1 aromatic heterocycles. The van der Waals surface area contributed by atoms with E-state index >= 15 is 0 Å². The van der Waals surface area contributed by atoms with E-state index in [1.165, 1.54) is 24.4 Å². The molecule has 1 aromatic carbocycles. The van der Waals surface area contributed by atoms with E-state index in [1.807, 2.05) is 0 Å². The molecule has 8 heteroatoms. The number of halogens is 4. The largest absolute Gasteiger partial charge is 0.416 e. The maximum Gasteiger partial charge on any atom is 0.416 e. The van der Waals surface area contributed by atoms with E-state index in [2.05, 4.69) is 10.3 Å². The fraction of sp³-hybridized carbons (Fsp3) is 0.368. The number of nitrogens with zero attached hydrogens (tertiary/aromatic N) is 1. The van der Waals surface area contributed by atoms with Crippen LogP contribution in [-0.4, -0.2) is 30.6 Å². The quantitative estimate of drug-likeness (QED) is 0.784. The first-order chi connectivity index (χ1) is 12.8. The first-order valence-electron chi connectivity index (χ1n) is 8.45. The molecule has 0 aliphatic carbocycles. The molecule has 1 aliphatic heterocycles. The summed E-state index contributed by atoms with van der Waals surface area (Å²) in [7, 11) is 0. The Morgan fingerprint density at radius 2 is 1.96 bits per heavy atom. The molecule has 0 unspecified atom stereocenters. The van der Waals surface area contributed by atoms with E-state index in [0.717, 1.165) is 6.07 Å². The van der Waals surface area contributed by atoms with Crippen molar-refractivity contribution in [3.05, 3.63) is 64.4 Å². The third-order valence-electron chi connectivity index (χ3n) is 4.83. The van der Waals surface area contributed by atoms with Crippen molar-refractivity contribution in [2.24, 2.45) is 0 Å². The second-order valence-corrected chi connectivity index (χ2v) is 6.91. The number of hydrogen-bond donors (Lipinski definition) is 1. The number of rotatable bonds is 4. The molecule has 1 aliphatic rings. The lowest BCUT2D eigenvalue weighted by Crippen LogP contribution is -2.44. The second-order valence-electron chi connectivity index (χ2n) is 6.52. The highest BCUT2D eigenvalue weighted by Gasteiger charge is 2.37. The molecule has 144 valence electrons. The molecule has 2 heterocycles. The minimum Gasteiger partial charge on any atom is -0.381 e. The van der Waals surface area contributed by atoms with Crippen LogP contribution in [0.4, 0.5) is 13.2 Å². The topological polar surface area (TPSA) is 51.2 Å². The van der Waals surface area contributed by atoms with E-state index in [0.29, 0.717) is 37.2 Å². The van der Waals surface area contributed by atoms with Crippen LogP contribution >= 0.6 is 11.6 Å². The van der Waals surface area contributed by atoms with Gasteiger partial charge in [0.2, 0.25) is 0 Å². The van der Waals surface area contributed by atoms with Gasteiger partial charge in [-0.2, -0.15) is 13.2 Å². The Hall–Kier alpha value is -2.12. The fourth-order valence-electron chi connectivity index (χ4n) is 3.22. The van der Waals surface area contributed by atoms with Crippen LogP contribution in [0.1, 0.15) is 34.3 Å². The average molecular weight is 399 g/mol. The van der Waals surface area contributed by atoms with Gasteiger partial charge in [-0.1, -0.05) is 29.8 Å². The zero-order chi connectivity index (χ0) is 19.5. The van der Waals surface area contributed by atoms with Crippen LogP contribution in [0.25, 0.3) is 0 Å². The van der Waals surface area contributed by atoms with Gasteiger partial charge in [0.25, 0.3) is 5.91 Å². The second kappa shape index (κ2) is 7.86. The maximum atomic E-state index is 13.1. The van der Waals surface area contributed by atoms with Crippen molar-refractivity contribution in [2.75, 3.05) is 19.8 Å². The SMILES string of the molecule is O=C(NCC1(c2cccc(C(F)(F)F)c2)CCOCC1)c1ccc(Cl)nc1. The third-order valence-corrected chi connectivity index (χ3v) is 5.05. The van der Waals surface area contributed by atoms with E-state index in [1.54, 1.807) is 12.1 Å². The number of alkyl halides is 3. The van der Waals surface area contributed by atoms with Crippen LogP contribution < -0.4 is 5.32 Å². The van der Waals surface area contributed by atoms with Crippen molar-refractivity contribution in [2.45, 2.75) is 24.4 Å². The maximum absolute atomic E-state index is 13.1. The molecule has 27 heavy (non-hydrogen) atoms. The number of aromatic nitrogens is 1. The number of carbonyl (C=O) groups is 1. The molecule has 0 atom stereocenters. The van der Waals surface area contributed by atoms with E-state index in [9.17, 15) is 18.0 Å². The van der Waals surface area contributed by atoms with Gasteiger partial charge in [-0.3, -0.25) is 4.79 Å². The minimum atomic E-state index is -4.42. The minimum absolute atomic E-state index is 0.207. The van der Waals surface area contributed by atoms with Crippen LogP contribution in [-0.2, 0) is 16.3 Å². The highest BCUT2D eigenvalue weighted by atomic mass is 35.5. The molecular formula is C19H18ClF3N2O2. The molecule has 0 bridgehead atoms. The number of benzene rings is 1. The summed E-state index contributed by atoms with van der Waals surface area (Å²) in [5.74, 6) is -0.350. The summed E-state index contributed by atoms with van der Waals surface area (Å²) in [5, 5.41) is 3.10. The van der Waals surface area contributed by atoms with Gasteiger partial charge in [-0.05, 0) is 36.6 Å². The van der Waals surface area contributed by atoms with Crippen molar-refractivity contribution in [1.29, 1.82) is 0 Å². The van der Waals surface area contributed by atoms with Gasteiger partial charge < -0.3 is 10.1 Å². The lowest BCUT2D eigenvalue weighted by Gasteiger charge is -2.38. The van der Waals surface area contributed by atoms with Crippen LogP contribution in [0.2, 0.25) is 5.15 Å². The van der Waals surface area contributed by atoms with Gasteiger partial charge in [0.05, 0.1) is 11.1 Å². The average Bonchev–Trinajstić information content (AvgIpc) is 2.67. The Bertz CT molecular complexity index is 803. The molecule has 0 saturated carbocycles. The fourth-order valence-corrected chi connectivity index (χ4v) is 3.33. The normalized spacial score (nSPS) is 16.7. The van der Waals surface area contributed by atoms with Gasteiger partial charge in [-0.25, -0.2) is 4.98 Å². The molecule has 1 N–H and O–H groups in total.